The highest BCUT2D eigenvalue weighted by Gasteiger charge is 2.13. The Morgan fingerprint density at radius 2 is 2.57 bits per heavy atom. The van der Waals surface area contributed by atoms with Gasteiger partial charge in [0, 0.05) is 25.4 Å². The minimum Gasteiger partial charge on any atom is -0.353 e. The molecule has 1 saturated heterocycles. The summed E-state index contributed by atoms with van der Waals surface area (Å²) in [5.74, 6) is 0. The van der Waals surface area contributed by atoms with Crippen molar-refractivity contribution in [1.82, 2.24) is 9.78 Å². The molecule has 4 heteroatoms. The van der Waals surface area contributed by atoms with Crippen molar-refractivity contribution >= 4 is 0 Å². The van der Waals surface area contributed by atoms with Crippen LogP contribution >= 0.6 is 0 Å². The van der Waals surface area contributed by atoms with Crippen molar-refractivity contribution in [3.63, 3.8) is 0 Å². The van der Waals surface area contributed by atoms with Gasteiger partial charge in [-0.2, -0.15) is 5.10 Å². The van der Waals surface area contributed by atoms with E-state index in [2.05, 4.69) is 5.10 Å². The van der Waals surface area contributed by atoms with Gasteiger partial charge in [0.1, 0.15) is 0 Å². The predicted octanol–water partition coefficient (Wildman–Crippen LogP) is 1.46. The molecule has 1 unspecified atom stereocenters. The van der Waals surface area contributed by atoms with E-state index in [1.165, 1.54) is 6.42 Å². The Hall–Kier alpha value is -0.870. The van der Waals surface area contributed by atoms with Gasteiger partial charge in [-0.15, -0.1) is 0 Å². The van der Waals surface area contributed by atoms with Crippen LogP contribution in [0.5, 0.6) is 0 Å². The zero-order chi connectivity index (χ0) is 9.80. The average molecular weight is 196 g/mol. The van der Waals surface area contributed by atoms with Crippen molar-refractivity contribution in [2.45, 2.75) is 32.2 Å². The second-order valence-electron chi connectivity index (χ2n) is 3.63. The lowest BCUT2D eigenvalue weighted by atomic mass is 10.2. The zero-order valence-electron chi connectivity index (χ0n) is 8.48. The summed E-state index contributed by atoms with van der Waals surface area (Å²) in [7, 11) is 1.90. The normalized spacial score (nSPS) is 22.5. The molecule has 0 bridgehead atoms. The third-order valence-electron chi connectivity index (χ3n) is 2.33. The van der Waals surface area contributed by atoms with E-state index in [9.17, 15) is 0 Å². The van der Waals surface area contributed by atoms with Crippen LogP contribution in [0.1, 0.15) is 24.8 Å². The van der Waals surface area contributed by atoms with Crippen molar-refractivity contribution < 1.29 is 9.47 Å². The van der Waals surface area contributed by atoms with Gasteiger partial charge in [0.05, 0.1) is 12.8 Å². The van der Waals surface area contributed by atoms with Gasteiger partial charge in [-0.25, -0.2) is 0 Å². The zero-order valence-corrected chi connectivity index (χ0v) is 8.48. The third-order valence-corrected chi connectivity index (χ3v) is 2.33. The molecule has 0 amide bonds. The molecule has 1 aromatic rings. The maximum absolute atomic E-state index is 5.61. The lowest BCUT2D eigenvalue weighted by Gasteiger charge is -2.22. The average Bonchev–Trinajstić information content (AvgIpc) is 2.63. The van der Waals surface area contributed by atoms with Gasteiger partial charge in [0.25, 0.3) is 0 Å². The number of rotatable bonds is 3. The van der Waals surface area contributed by atoms with E-state index in [4.69, 9.17) is 9.47 Å². The first-order valence-electron chi connectivity index (χ1n) is 5.05. The number of aromatic nitrogens is 2. The maximum atomic E-state index is 5.61. The first kappa shape index (κ1) is 9.68. The van der Waals surface area contributed by atoms with E-state index >= 15 is 0 Å². The first-order valence-corrected chi connectivity index (χ1v) is 5.05. The van der Waals surface area contributed by atoms with Crippen molar-refractivity contribution in [3.8, 4) is 0 Å². The van der Waals surface area contributed by atoms with Crippen molar-refractivity contribution in [2.24, 2.45) is 7.05 Å². The lowest BCUT2D eigenvalue weighted by Crippen LogP contribution is -2.21. The summed E-state index contributed by atoms with van der Waals surface area (Å²) in [6, 6.07) is 0. The van der Waals surface area contributed by atoms with E-state index in [0.29, 0.717) is 6.61 Å². The molecule has 4 nitrogen and oxygen atoms in total. The van der Waals surface area contributed by atoms with E-state index in [1.54, 1.807) is 4.68 Å². The summed E-state index contributed by atoms with van der Waals surface area (Å²) < 4.78 is 12.8. The molecule has 1 aliphatic rings. The molecule has 1 fully saturated rings. The molecule has 0 spiro atoms. The minimum absolute atomic E-state index is 0.0102. The fourth-order valence-corrected chi connectivity index (χ4v) is 1.58. The Labute approximate surface area is 83.8 Å². The molecule has 0 radical (unpaired) electrons. The van der Waals surface area contributed by atoms with E-state index in [0.717, 1.165) is 25.0 Å². The number of aryl methyl sites for hydroxylation is 1. The largest absolute Gasteiger partial charge is 0.353 e. The van der Waals surface area contributed by atoms with Gasteiger partial charge in [0.15, 0.2) is 6.29 Å². The maximum Gasteiger partial charge on any atom is 0.158 e. The van der Waals surface area contributed by atoms with Crippen LogP contribution in [0.15, 0.2) is 12.4 Å². The van der Waals surface area contributed by atoms with Crippen LogP contribution in [0.2, 0.25) is 0 Å². The van der Waals surface area contributed by atoms with Crippen molar-refractivity contribution in [2.75, 3.05) is 6.61 Å². The molecule has 0 aliphatic carbocycles. The first-order chi connectivity index (χ1) is 6.84. The standard InChI is InChI=1S/C10H16N2O2/c1-12-7-9(6-11-12)8-14-10-4-2-3-5-13-10/h6-7,10H,2-5,8H2,1H3. The molecule has 14 heavy (non-hydrogen) atoms. The quantitative estimate of drug-likeness (QED) is 0.734. The molecule has 1 aromatic heterocycles. The molecule has 0 N–H and O–H groups in total. The van der Waals surface area contributed by atoms with Crippen LogP contribution in [-0.2, 0) is 23.1 Å². The van der Waals surface area contributed by atoms with Gasteiger partial charge >= 0.3 is 0 Å². The molecule has 2 heterocycles. The lowest BCUT2D eigenvalue weighted by molar-refractivity contribution is -0.168. The van der Waals surface area contributed by atoms with Crippen LogP contribution in [0, 0.1) is 0 Å². The summed E-state index contributed by atoms with van der Waals surface area (Å²) in [4.78, 5) is 0. The van der Waals surface area contributed by atoms with E-state index in [-0.39, 0.29) is 6.29 Å². The topological polar surface area (TPSA) is 36.3 Å². The highest BCUT2D eigenvalue weighted by molar-refractivity contribution is 5.01. The fraction of sp³-hybridized carbons (Fsp3) is 0.700. The highest BCUT2D eigenvalue weighted by atomic mass is 16.7. The summed E-state index contributed by atoms with van der Waals surface area (Å²) in [5.41, 5.74) is 1.10. The molecule has 0 aromatic carbocycles. The van der Waals surface area contributed by atoms with Gasteiger partial charge in [-0.05, 0) is 19.3 Å². The summed E-state index contributed by atoms with van der Waals surface area (Å²) in [6.45, 7) is 1.43. The van der Waals surface area contributed by atoms with E-state index < -0.39 is 0 Å². The molecular formula is C10H16N2O2. The molecule has 0 saturated carbocycles. The SMILES string of the molecule is Cn1cc(COC2CCCCO2)cn1. The van der Waals surface area contributed by atoms with Crippen molar-refractivity contribution in [3.05, 3.63) is 18.0 Å². The molecule has 2 rings (SSSR count). The Kier molecular flexibility index (Phi) is 3.16. The predicted molar refractivity (Wildman–Crippen MR) is 51.6 cm³/mol. The molecular weight excluding hydrogens is 180 g/mol. The number of nitrogens with zero attached hydrogens (tertiary/aromatic N) is 2. The Bertz CT molecular complexity index is 279. The van der Waals surface area contributed by atoms with Crippen LogP contribution in [-0.4, -0.2) is 22.7 Å². The molecule has 1 atom stereocenters. The van der Waals surface area contributed by atoms with Gasteiger partial charge in [-0.3, -0.25) is 4.68 Å². The van der Waals surface area contributed by atoms with Gasteiger partial charge < -0.3 is 9.47 Å². The summed E-state index contributed by atoms with van der Waals surface area (Å²) >= 11 is 0. The van der Waals surface area contributed by atoms with Gasteiger partial charge in [-0.1, -0.05) is 0 Å². The monoisotopic (exact) mass is 196 g/mol. The second-order valence-corrected chi connectivity index (χ2v) is 3.63. The molecule has 1 aliphatic heterocycles. The van der Waals surface area contributed by atoms with Crippen LogP contribution in [0.3, 0.4) is 0 Å². The number of hydrogen-bond donors (Lipinski definition) is 0. The Morgan fingerprint density at radius 3 is 3.21 bits per heavy atom. The van der Waals surface area contributed by atoms with E-state index in [1.807, 2.05) is 19.4 Å². The Balaban J connectivity index is 1.76. The number of ether oxygens (including phenoxy) is 2. The second kappa shape index (κ2) is 4.57. The molecule has 78 valence electrons. The fourth-order valence-electron chi connectivity index (χ4n) is 1.58. The summed E-state index contributed by atoms with van der Waals surface area (Å²) in [5, 5.41) is 4.08. The Morgan fingerprint density at radius 1 is 1.64 bits per heavy atom. The smallest absolute Gasteiger partial charge is 0.158 e. The highest BCUT2D eigenvalue weighted by Crippen LogP contribution is 2.15. The van der Waals surface area contributed by atoms with Gasteiger partial charge in [0.2, 0.25) is 0 Å². The number of hydrogen-bond acceptors (Lipinski definition) is 3. The summed E-state index contributed by atoms with van der Waals surface area (Å²) in [6.07, 6.45) is 7.15. The van der Waals surface area contributed by atoms with Crippen molar-refractivity contribution in [1.29, 1.82) is 0 Å². The van der Waals surface area contributed by atoms with Crippen LogP contribution in [0.4, 0.5) is 0 Å². The minimum atomic E-state index is -0.0102. The third kappa shape index (κ3) is 2.56. The van der Waals surface area contributed by atoms with Crippen LogP contribution in [0.25, 0.3) is 0 Å². The van der Waals surface area contributed by atoms with Crippen LogP contribution < -0.4 is 0 Å².